The van der Waals surface area contributed by atoms with E-state index >= 15 is 0 Å². The van der Waals surface area contributed by atoms with Gasteiger partial charge in [-0.25, -0.2) is 0 Å². The maximum Gasteiger partial charge on any atom is 0.318 e. The SMILES string of the molecule is CCCC(=O)OSSC. The summed E-state index contributed by atoms with van der Waals surface area (Å²) in [5.41, 5.74) is 0. The summed E-state index contributed by atoms with van der Waals surface area (Å²) in [6.07, 6.45) is 3.24. The van der Waals surface area contributed by atoms with E-state index < -0.39 is 0 Å². The summed E-state index contributed by atoms with van der Waals surface area (Å²) in [7, 11) is 1.43. The van der Waals surface area contributed by atoms with Crippen LogP contribution >= 0.6 is 21.9 Å². The maximum absolute atomic E-state index is 10.5. The van der Waals surface area contributed by atoms with E-state index in [2.05, 4.69) is 4.18 Å². The van der Waals surface area contributed by atoms with E-state index in [4.69, 9.17) is 0 Å². The lowest BCUT2D eigenvalue weighted by Crippen LogP contribution is -1.95. The molecule has 0 radical (unpaired) electrons. The summed E-state index contributed by atoms with van der Waals surface area (Å²) in [4.78, 5) is 10.5. The highest BCUT2D eigenvalue weighted by atomic mass is 33.1. The number of hydrogen-bond donors (Lipinski definition) is 0. The lowest BCUT2D eigenvalue weighted by molar-refractivity contribution is -0.132. The summed E-state index contributed by atoms with van der Waals surface area (Å²) >= 11 is 1.12. The van der Waals surface area contributed by atoms with Crippen LogP contribution in [0.5, 0.6) is 0 Å². The van der Waals surface area contributed by atoms with Gasteiger partial charge in [0.15, 0.2) is 0 Å². The van der Waals surface area contributed by atoms with Crippen molar-refractivity contribution in [1.29, 1.82) is 0 Å². The highest BCUT2D eigenvalue weighted by Crippen LogP contribution is 2.18. The largest absolute Gasteiger partial charge is 0.379 e. The molecule has 0 aromatic rings. The highest BCUT2D eigenvalue weighted by Gasteiger charge is 1.98. The van der Waals surface area contributed by atoms with E-state index in [-0.39, 0.29) is 5.97 Å². The second-order valence-corrected chi connectivity index (χ2v) is 3.48. The van der Waals surface area contributed by atoms with E-state index in [9.17, 15) is 4.79 Å². The highest BCUT2D eigenvalue weighted by molar-refractivity contribution is 8.74. The van der Waals surface area contributed by atoms with Gasteiger partial charge in [0.1, 0.15) is 11.1 Å². The zero-order valence-corrected chi connectivity index (χ0v) is 7.18. The molecule has 0 saturated heterocycles. The van der Waals surface area contributed by atoms with E-state index in [0.29, 0.717) is 6.42 Å². The van der Waals surface area contributed by atoms with Crippen LogP contribution in [0.15, 0.2) is 0 Å². The summed E-state index contributed by atoms with van der Waals surface area (Å²) in [5.74, 6) is -0.128. The van der Waals surface area contributed by atoms with Gasteiger partial charge in [-0.2, -0.15) is 0 Å². The Morgan fingerprint density at radius 1 is 1.67 bits per heavy atom. The predicted octanol–water partition coefficient (Wildman–Crippen LogP) is 2.26. The first-order valence-corrected chi connectivity index (χ1v) is 5.19. The average molecular weight is 166 g/mol. The molecule has 4 heteroatoms. The topological polar surface area (TPSA) is 26.3 Å². The Kier molecular flexibility index (Phi) is 6.41. The van der Waals surface area contributed by atoms with Gasteiger partial charge >= 0.3 is 5.97 Å². The fourth-order valence-electron chi connectivity index (χ4n) is 0.318. The van der Waals surface area contributed by atoms with Crippen LogP contribution in [-0.4, -0.2) is 12.2 Å². The smallest absolute Gasteiger partial charge is 0.318 e. The maximum atomic E-state index is 10.5. The molecule has 0 bridgehead atoms. The van der Waals surface area contributed by atoms with Crippen LogP contribution in [0.3, 0.4) is 0 Å². The number of carbonyl (C=O) groups excluding carboxylic acids is 1. The Bertz CT molecular complexity index is 85.0. The van der Waals surface area contributed by atoms with Crippen LogP contribution in [-0.2, 0) is 8.98 Å². The Hall–Kier alpha value is 0.170. The molecule has 0 unspecified atom stereocenters. The van der Waals surface area contributed by atoms with Crippen molar-refractivity contribution < 1.29 is 8.98 Å². The average Bonchev–Trinajstić information content (AvgIpc) is 1.85. The number of rotatable bonds is 4. The molecule has 0 aliphatic rings. The first-order valence-electron chi connectivity index (χ1n) is 2.71. The van der Waals surface area contributed by atoms with Crippen LogP contribution in [0, 0.1) is 0 Å². The molecule has 0 fully saturated rings. The normalized spacial score (nSPS) is 9.11. The second-order valence-electron chi connectivity index (χ2n) is 1.44. The third-order valence-electron chi connectivity index (χ3n) is 0.649. The van der Waals surface area contributed by atoms with Gasteiger partial charge in [-0.05, 0) is 12.7 Å². The van der Waals surface area contributed by atoms with E-state index in [1.165, 1.54) is 10.8 Å². The molecule has 0 aliphatic heterocycles. The monoisotopic (exact) mass is 166 g/mol. The van der Waals surface area contributed by atoms with Gasteiger partial charge in [0.05, 0.1) is 0 Å². The fraction of sp³-hybridized carbons (Fsp3) is 0.800. The third kappa shape index (κ3) is 6.05. The van der Waals surface area contributed by atoms with E-state index in [1.54, 1.807) is 0 Å². The molecule has 0 aliphatic carbocycles. The van der Waals surface area contributed by atoms with Crippen LogP contribution < -0.4 is 0 Å². The third-order valence-corrected chi connectivity index (χ3v) is 1.65. The van der Waals surface area contributed by atoms with Crippen molar-refractivity contribution in [2.75, 3.05) is 6.26 Å². The van der Waals surface area contributed by atoms with Crippen molar-refractivity contribution in [2.45, 2.75) is 19.8 Å². The minimum absolute atomic E-state index is 0.128. The Labute approximate surface area is 63.3 Å². The molecule has 0 amide bonds. The van der Waals surface area contributed by atoms with Crippen LogP contribution in [0.25, 0.3) is 0 Å². The molecule has 0 aromatic carbocycles. The van der Waals surface area contributed by atoms with Gasteiger partial charge in [-0.1, -0.05) is 17.7 Å². The Morgan fingerprint density at radius 2 is 2.33 bits per heavy atom. The van der Waals surface area contributed by atoms with Gasteiger partial charge < -0.3 is 4.18 Å². The molecule has 0 aromatic heterocycles. The zero-order chi connectivity index (χ0) is 7.11. The van der Waals surface area contributed by atoms with E-state index in [0.717, 1.165) is 17.5 Å². The molecular weight excluding hydrogens is 156 g/mol. The number of hydrogen-bond acceptors (Lipinski definition) is 4. The van der Waals surface area contributed by atoms with Crippen molar-refractivity contribution in [1.82, 2.24) is 0 Å². The second kappa shape index (κ2) is 6.29. The first-order chi connectivity index (χ1) is 4.31. The molecule has 0 heterocycles. The first kappa shape index (κ1) is 9.17. The summed E-state index contributed by atoms with van der Waals surface area (Å²) < 4.78 is 4.67. The quantitative estimate of drug-likeness (QED) is 0.472. The molecule has 2 nitrogen and oxygen atoms in total. The minimum Gasteiger partial charge on any atom is -0.379 e. The van der Waals surface area contributed by atoms with Crippen molar-refractivity contribution >= 4 is 27.8 Å². The van der Waals surface area contributed by atoms with Crippen molar-refractivity contribution in [3.63, 3.8) is 0 Å². The molecular formula is C5H10O2S2. The summed E-state index contributed by atoms with van der Waals surface area (Å²) in [6, 6.07) is 0. The fourth-order valence-corrected chi connectivity index (χ4v) is 0.977. The Morgan fingerprint density at radius 3 is 2.78 bits per heavy atom. The predicted molar refractivity (Wildman–Crippen MR) is 42.1 cm³/mol. The van der Waals surface area contributed by atoms with Crippen molar-refractivity contribution in [2.24, 2.45) is 0 Å². The van der Waals surface area contributed by atoms with Gasteiger partial charge in [-0.3, -0.25) is 4.79 Å². The number of carbonyl (C=O) groups is 1. The molecule has 0 spiro atoms. The van der Waals surface area contributed by atoms with Crippen molar-refractivity contribution in [3.05, 3.63) is 0 Å². The standard InChI is InChI=1S/C5H10O2S2/c1-3-4-5(6)7-9-8-2/h3-4H2,1-2H3. The van der Waals surface area contributed by atoms with Gasteiger partial charge in [0.25, 0.3) is 0 Å². The Balaban J connectivity index is 3.06. The van der Waals surface area contributed by atoms with Gasteiger partial charge in [-0.15, -0.1) is 0 Å². The summed E-state index contributed by atoms with van der Waals surface area (Å²) in [6.45, 7) is 1.95. The lowest BCUT2D eigenvalue weighted by atomic mass is 10.4. The van der Waals surface area contributed by atoms with Crippen LogP contribution in [0.2, 0.25) is 0 Å². The van der Waals surface area contributed by atoms with Crippen molar-refractivity contribution in [3.8, 4) is 0 Å². The molecule has 0 N–H and O–H groups in total. The van der Waals surface area contributed by atoms with E-state index in [1.807, 2.05) is 13.2 Å². The lowest BCUT2D eigenvalue weighted by Gasteiger charge is -1.95. The minimum atomic E-state index is -0.128. The zero-order valence-electron chi connectivity index (χ0n) is 5.55. The molecule has 0 rings (SSSR count). The van der Waals surface area contributed by atoms with Crippen LogP contribution in [0.4, 0.5) is 0 Å². The molecule has 0 saturated carbocycles. The van der Waals surface area contributed by atoms with Crippen LogP contribution in [0.1, 0.15) is 19.8 Å². The molecule has 9 heavy (non-hydrogen) atoms. The van der Waals surface area contributed by atoms with Gasteiger partial charge in [0.2, 0.25) is 0 Å². The van der Waals surface area contributed by atoms with Gasteiger partial charge in [0, 0.05) is 6.42 Å². The summed E-state index contributed by atoms with van der Waals surface area (Å²) in [5, 5.41) is 0. The molecule has 0 atom stereocenters. The molecule has 54 valence electrons.